The zero-order valence-corrected chi connectivity index (χ0v) is 15.3. The molecule has 3 rings (SSSR count). The van der Waals surface area contributed by atoms with Gasteiger partial charge in [0.1, 0.15) is 5.84 Å². The van der Waals surface area contributed by atoms with E-state index in [0.29, 0.717) is 0 Å². The summed E-state index contributed by atoms with van der Waals surface area (Å²) in [6, 6.07) is 21.1. The van der Waals surface area contributed by atoms with Gasteiger partial charge < -0.3 is 9.74 Å². The van der Waals surface area contributed by atoms with Crippen LogP contribution in [0.5, 0.6) is 0 Å². The second kappa shape index (κ2) is 8.19. The first-order valence-corrected chi connectivity index (χ1v) is 9.32. The molecule has 0 saturated carbocycles. The maximum absolute atomic E-state index is 5.97. The zero-order chi connectivity index (χ0) is 17.5. The summed E-state index contributed by atoms with van der Waals surface area (Å²) in [4.78, 5) is 8.35. The summed E-state index contributed by atoms with van der Waals surface area (Å²) in [5, 5.41) is 4.48. The Balaban J connectivity index is 1.70. The van der Waals surface area contributed by atoms with Crippen molar-refractivity contribution < 1.29 is 4.84 Å². The summed E-state index contributed by atoms with van der Waals surface area (Å²) in [6.45, 7) is 5.38. The van der Waals surface area contributed by atoms with Crippen molar-refractivity contribution in [1.82, 2.24) is 4.90 Å². The molecule has 0 amide bonds. The van der Waals surface area contributed by atoms with Crippen LogP contribution >= 0.6 is 0 Å². The minimum Gasteiger partial charge on any atom is -0.365 e. The van der Waals surface area contributed by atoms with Gasteiger partial charge >= 0.3 is 0 Å². The normalized spacial score (nSPS) is 19.6. The second-order valence-electron chi connectivity index (χ2n) is 6.93. The molecule has 0 saturated heterocycles. The molecule has 1 unspecified atom stereocenters. The molecule has 0 aromatic heterocycles. The van der Waals surface area contributed by atoms with Crippen LogP contribution in [0.3, 0.4) is 0 Å². The number of nitrogens with zero attached hydrogens (tertiary/aromatic N) is 2. The molecular formula is C22H28N2O. The van der Waals surface area contributed by atoms with Crippen LogP contribution in [0.15, 0.2) is 65.8 Å². The maximum atomic E-state index is 5.97. The van der Waals surface area contributed by atoms with Gasteiger partial charge in [-0.1, -0.05) is 79.2 Å². The van der Waals surface area contributed by atoms with Gasteiger partial charge in [-0.3, -0.25) is 0 Å². The molecule has 1 heterocycles. The van der Waals surface area contributed by atoms with Gasteiger partial charge in [0.25, 0.3) is 0 Å². The zero-order valence-electron chi connectivity index (χ0n) is 15.3. The Hall–Kier alpha value is -2.29. The number of benzene rings is 2. The van der Waals surface area contributed by atoms with Crippen molar-refractivity contribution >= 4 is 5.84 Å². The van der Waals surface area contributed by atoms with E-state index in [-0.39, 0.29) is 5.72 Å². The first kappa shape index (κ1) is 17.5. The molecule has 2 aromatic carbocycles. The number of oxime groups is 1. The first-order valence-electron chi connectivity index (χ1n) is 9.32. The van der Waals surface area contributed by atoms with Crippen molar-refractivity contribution in [1.29, 1.82) is 0 Å². The molecule has 0 radical (unpaired) electrons. The molecule has 1 aliphatic heterocycles. The second-order valence-corrected chi connectivity index (χ2v) is 6.93. The quantitative estimate of drug-likeness (QED) is 0.676. The fourth-order valence-electron chi connectivity index (χ4n) is 3.39. The SMILES string of the molecule is CCCCN1C(CCc2ccccc2)=NOC1(C)Cc1ccccc1. The Morgan fingerprint density at radius 2 is 1.56 bits per heavy atom. The summed E-state index contributed by atoms with van der Waals surface area (Å²) >= 11 is 0. The van der Waals surface area contributed by atoms with E-state index in [1.807, 2.05) is 0 Å². The fraction of sp³-hybridized carbons (Fsp3) is 0.409. The summed E-state index contributed by atoms with van der Waals surface area (Å²) in [7, 11) is 0. The Labute approximate surface area is 151 Å². The molecular weight excluding hydrogens is 308 g/mol. The predicted octanol–water partition coefficient (Wildman–Crippen LogP) is 5.02. The number of hydrogen-bond donors (Lipinski definition) is 0. The van der Waals surface area contributed by atoms with Gasteiger partial charge in [-0.15, -0.1) is 0 Å². The van der Waals surface area contributed by atoms with Crippen molar-refractivity contribution in [2.45, 2.75) is 51.7 Å². The van der Waals surface area contributed by atoms with Crippen molar-refractivity contribution in [3.8, 4) is 0 Å². The lowest BCUT2D eigenvalue weighted by atomic mass is 10.0. The van der Waals surface area contributed by atoms with E-state index >= 15 is 0 Å². The van der Waals surface area contributed by atoms with Crippen LogP contribution in [0, 0.1) is 0 Å². The van der Waals surface area contributed by atoms with Crippen LogP contribution in [0.1, 0.15) is 44.2 Å². The van der Waals surface area contributed by atoms with E-state index in [2.05, 4.69) is 84.6 Å². The molecule has 0 spiro atoms. The highest BCUT2D eigenvalue weighted by atomic mass is 16.7. The number of hydrogen-bond acceptors (Lipinski definition) is 3. The van der Waals surface area contributed by atoms with Gasteiger partial charge in [0.05, 0.1) is 0 Å². The lowest BCUT2D eigenvalue weighted by Crippen LogP contribution is -2.48. The molecule has 0 fully saturated rings. The molecule has 1 aliphatic rings. The largest absolute Gasteiger partial charge is 0.365 e. The molecule has 3 heteroatoms. The third kappa shape index (κ3) is 4.41. The van der Waals surface area contributed by atoms with Crippen molar-refractivity contribution in [3.63, 3.8) is 0 Å². The van der Waals surface area contributed by atoms with E-state index < -0.39 is 0 Å². The molecule has 3 nitrogen and oxygen atoms in total. The highest BCUT2D eigenvalue weighted by Gasteiger charge is 2.41. The number of unbranched alkanes of at least 4 members (excludes halogenated alkanes) is 1. The summed E-state index contributed by atoms with van der Waals surface area (Å²) in [5.74, 6) is 1.08. The van der Waals surface area contributed by atoms with Crippen LogP contribution < -0.4 is 0 Å². The lowest BCUT2D eigenvalue weighted by Gasteiger charge is -2.34. The van der Waals surface area contributed by atoms with Gasteiger partial charge in [0.15, 0.2) is 0 Å². The van der Waals surface area contributed by atoms with Gasteiger partial charge in [0, 0.05) is 19.4 Å². The van der Waals surface area contributed by atoms with Crippen molar-refractivity contribution in [2.24, 2.45) is 5.16 Å². The Morgan fingerprint density at radius 1 is 0.920 bits per heavy atom. The number of amidine groups is 1. The van der Waals surface area contributed by atoms with Crippen molar-refractivity contribution in [2.75, 3.05) is 6.54 Å². The van der Waals surface area contributed by atoms with Gasteiger partial charge in [0.2, 0.25) is 5.72 Å². The molecule has 0 bridgehead atoms. The number of aryl methyl sites for hydroxylation is 1. The first-order chi connectivity index (χ1) is 12.2. The predicted molar refractivity (Wildman–Crippen MR) is 103 cm³/mol. The summed E-state index contributed by atoms with van der Waals surface area (Å²) in [5.41, 5.74) is 2.24. The molecule has 2 aromatic rings. The third-order valence-corrected chi connectivity index (χ3v) is 4.82. The Bertz CT molecular complexity index is 684. The average Bonchev–Trinajstić information content (AvgIpc) is 2.95. The highest BCUT2D eigenvalue weighted by Crippen LogP contribution is 2.30. The monoisotopic (exact) mass is 336 g/mol. The average molecular weight is 336 g/mol. The molecule has 1 atom stereocenters. The van der Waals surface area contributed by atoms with Crippen LogP contribution in [0.4, 0.5) is 0 Å². The van der Waals surface area contributed by atoms with Crippen LogP contribution in [0.2, 0.25) is 0 Å². The van der Waals surface area contributed by atoms with E-state index in [1.165, 1.54) is 17.5 Å². The fourth-order valence-corrected chi connectivity index (χ4v) is 3.39. The summed E-state index contributed by atoms with van der Waals surface area (Å²) in [6.07, 6.45) is 5.07. The third-order valence-electron chi connectivity index (χ3n) is 4.82. The van der Waals surface area contributed by atoms with Gasteiger partial charge in [-0.05, 0) is 30.9 Å². The Morgan fingerprint density at radius 3 is 2.20 bits per heavy atom. The van der Waals surface area contributed by atoms with Crippen LogP contribution in [0.25, 0.3) is 0 Å². The lowest BCUT2D eigenvalue weighted by molar-refractivity contribution is -0.0835. The molecule has 132 valence electrons. The van der Waals surface area contributed by atoms with Crippen LogP contribution in [-0.2, 0) is 17.7 Å². The van der Waals surface area contributed by atoms with E-state index in [4.69, 9.17) is 4.84 Å². The van der Waals surface area contributed by atoms with Gasteiger partial charge in [-0.2, -0.15) is 0 Å². The number of rotatable bonds is 8. The highest BCUT2D eigenvalue weighted by molar-refractivity contribution is 5.83. The summed E-state index contributed by atoms with van der Waals surface area (Å²) < 4.78 is 0. The smallest absolute Gasteiger partial charge is 0.212 e. The van der Waals surface area contributed by atoms with E-state index in [9.17, 15) is 0 Å². The van der Waals surface area contributed by atoms with E-state index in [0.717, 1.165) is 38.1 Å². The topological polar surface area (TPSA) is 24.8 Å². The molecule has 0 N–H and O–H groups in total. The van der Waals surface area contributed by atoms with Crippen LogP contribution in [-0.4, -0.2) is 23.0 Å². The Kier molecular flexibility index (Phi) is 5.75. The van der Waals surface area contributed by atoms with E-state index in [1.54, 1.807) is 0 Å². The maximum Gasteiger partial charge on any atom is 0.212 e. The minimum atomic E-state index is -0.386. The molecule has 0 aliphatic carbocycles. The van der Waals surface area contributed by atoms with Crippen molar-refractivity contribution in [3.05, 3.63) is 71.8 Å². The molecule has 25 heavy (non-hydrogen) atoms. The van der Waals surface area contributed by atoms with Gasteiger partial charge in [-0.25, -0.2) is 0 Å². The minimum absolute atomic E-state index is 0.386. The standard InChI is InChI=1S/C22H28N2O/c1-3-4-17-24-21(16-15-19-11-7-5-8-12-19)23-25-22(24,2)18-20-13-9-6-10-14-20/h5-14H,3-4,15-18H2,1-2H3.